The molecule has 4 nitrogen and oxygen atoms in total. The smallest absolute Gasteiger partial charge is 0.306 e. The molecule has 0 saturated carbocycles. The molecule has 4 heteroatoms. The van der Waals surface area contributed by atoms with Crippen LogP contribution in [-0.4, -0.2) is 18.5 Å². The van der Waals surface area contributed by atoms with Crippen LogP contribution in [0.1, 0.15) is 38.7 Å². The van der Waals surface area contributed by atoms with Crippen molar-refractivity contribution < 1.29 is 19.1 Å². The molecule has 0 bridgehead atoms. The fraction of sp³-hybridized carbons (Fsp3) is 0.500. The highest BCUT2D eigenvalue weighted by Gasteiger charge is 2.09. The molecule has 0 N–H and O–H groups in total. The Morgan fingerprint density at radius 2 is 1.60 bits per heavy atom. The molecule has 1 aromatic carbocycles. The summed E-state index contributed by atoms with van der Waals surface area (Å²) in [7, 11) is 0. The van der Waals surface area contributed by atoms with Gasteiger partial charge >= 0.3 is 11.9 Å². The van der Waals surface area contributed by atoms with E-state index < -0.39 is 0 Å². The molecular weight excluding hydrogens is 256 g/mol. The van der Waals surface area contributed by atoms with Crippen molar-refractivity contribution in [2.45, 2.75) is 39.7 Å². The lowest BCUT2D eigenvalue weighted by atomic mass is 10.1. The first-order valence-corrected chi connectivity index (χ1v) is 6.93. The van der Waals surface area contributed by atoms with Crippen LogP contribution in [0.5, 0.6) is 0 Å². The zero-order valence-corrected chi connectivity index (χ0v) is 12.1. The lowest BCUT2D eigenvalue weighted by molar-refractivity contribution is -0.151. The Morgan fingerprint density at radius 1 is 1.00 bits per heavy atom. The lowest BCUT2D eigenvalue weighted by Crippen LogP contribution is -2.11. The number of benzene rings is 1. The van der Waals surface area contributed by atoms with Crippen molar-refractivity contribution in [3.8, 4) is 0 Å². The Hall–Kier alpha value is -1.84. The van der Waals surface area contributed by atoms with Gasteiger partial charge in [0.15, 0.2) is 0 Å². The van der Waals surface area contributed by atoms with E-state index in [0.29, 0.717) is 12.5 Å². The van der Waals surface area contributed by atoms with Crippen LogP contribution in [0.25, 0.3) is 0 Å². The molecular formula is C16H22O4. The monoisotopic (exact) mass is 278 g/mol. The van der Waals surface area contributed by atoms with E-state index >= 15 is 0 Å². The number of hydrogen-bond donors (Lipinski definition) is 0. The quantitative estimate of drug-likeness (QED) is 0.686. The fourth-order valence-electron chi connectivity index (χ4n) is 1.49. The normalized spacial score (nSPS) is 10.3. The maximum Gasteiger partial charge on any atom is 0.306 e. The molecule has 0 heterocycles. The predicted molar refractivity (Wildman–Crippen MR) is 75.9 cm³/mol. The highest BCUT2D eigenvalue weighted by molar-refractivity contribution is 5.77. The Bertz CT molecular complexity index is 412. The van der Waals surface area contributed by atoms with E-state index in [1.807, 2.05) is 30.3 Å². The third-order valence-corrected chi connectivity index (χ3v) is 2.73. The minimum absolute atomic E-state index is 0.0628. The van der Waals surface area contributed by atoms with Crippen LogP contribution in [0, 0.1) is 5.92 Å². The highest BCUT2D eigenvalue weighted by atomic mass is 16.5. The topological polar surface area (TPSA) is 52.6 Å². The Balaban J connectivity index is 2.12. The van der Waals surface area contributed by atoms with Crippen molar-refractivity contribution in [2.24, 2.45) is 5.92 Å². The molecule has 0 fully saturated rings. The first-order valence-electron chi connectivity index (χ1n) is 6.93. The van der Waals surface area contributed by atoms with E-state index in [9.17, 15) is 9.59 Å². The standard InChI is InChI=1S/C16H22O4/c1-13(2)10-11-19-15(17)8-9-16(18)20-12-14-6-4-3-5-7-14/h3-7,13H,8-12H2,1-2H3. The van der Waals surface area contributed by atoms with Gasteiger partial charge in [-0.3, -0.25) is 9.59 Å². The SMILES string of the molecule is CC(C)CCOC(=O)CCC(=O)OCc1ccccc1. The molecule has 0 saturated heterocycles. The molecule has 0 spiro atoms. The average Bonchev–Trinajstić information content (AvgIpc) is 2.43. The molecule has 0 aliphatic heterocycles. The van der Waals surface area contributed by atoms with Crippen molar-refractivity contribution in [1.82, 2.24) is 0 Å². The summed E-state index contributed by atoms with van der Waals surface area (Å²) in [6.45, 7) is 4.78. The molecule has 0 atom stereocenters. The predicted octanol–water partition coefficient (Wildman–Crippen LogP) is 3.10. The van der Waals surface area contributed by atoms with Crippen molar-refractivity contribution >= 4 is 11.9 Å². The van der Waals surface area contributed by atoms with Gasteiger partial charge in [-0.15, -0.1) is 0 Å². The Labute approximate surface area is 120 Å². The van der Waals surface area contributed by atoms with E-state index in [4.69, 9.17) is 9.47 Å². The molecule has 0 aliphatic carbocycles. The van der Waals surface area contributed by atoms with Crippen LogP contribution in [0.4, 0.5) is 0 Å². The van der Waals surface area contributed by atoms with Crippen molar-refractivity contribution in [1.29, 1.82) is 0 Å². The Kier molecular flexibility index (Phi) is 7.40. The van der Waals surface area contributed by atoms with E-state index in [0.717, 1.165) is 12.0 Å². The highest BCUT2D eigenvalue weighted by Crippen LogP contribution is 2.04. The van der Waals surface area contributed by atoms with Gasteiger partial charge in [0.1, 0.15) is 6.61 Å². The number of rotatable bonds is 8. The third-order valence-electron chi connectivity index (χ3n) is 2.73. The van der Waals surface area contributed by atoms with Gasteiger partial charge in [-0.1, -0.05) is 44.2 Å². The van der Waals surface area contributed by atoms with Crippen molar-refractivity contribution in [3.05, 3.63) is 35.9 Å². The van der Waals surface area contributed by atoms with Crippen LogP contribution >= 0.6 is 0 Å². The molecule has 0 aliphatic rings. The minimum atomic E-state index is -0.380. The summed E-state index contributed by atoms with van der Waals surface area (Å²) in [5.74, 6) is -0.226. The second-order valence-corrected chi connectivity index (χ2v) is 5.05. The zero-order valence-electron chi connectivity index (χ0n) is 12.1. The number of esters is 2. The molecule has 0 amide bonds. The van der Waals surface area contributed by atoms with E-state index in [2.05, 4.69) is 13.8 Å². The van der Waals surface area contributed by atoms with E-state index in [1.165, 1.54) is 0 Å². The second-order valence-electron chi connectivity index (χ2n) is 5.05. The molecule has 1 rings (SSSR count). The van der Waals surface area contributed by atoms with Crippen molar-refractivity contribution in [3.63, 3.8) is 0 Å². The summed E-state index contributed by atoms with van der Waals surface area (Å²) in [6, 6.07) is 9.43. The van der Waals surface area contributed by atoms with E-state index in [-0.39, 0.29) is 31.4 Å². The maximum atomic E-state index is 11.5. The third kappa shape index (κ3) is 7.56. The second kappa shape index (κ2) is 9.13. The summed E-state index contributed by atoms with van der Waals surface area (Å²) < 4.78 is 10.1. The molecule has 20 heavy (non-hydrogen) atoms. The summed E-state index contributed by atoms with van der Waals surface area (Å²) in [5.41, 5.74) is 0.931. The maximum absolute atomic E-state index is 11.5. The average molecular weight is 278 g/mol. The van der Waals surface area contributed by atoms with Gasteiger partial charge in [0.2, 0.25) is 0 Å². The van der Waals surface area contributed by atoms with Crippen LogP contribution in [0.15, 0.2) is 30.3 Å². The minimum Gasteiger partial charge on any atom is -0.466 e. The summed E-state index contributed by atoms with van der Waals surface area (Å²) >= 11 is 0. The number of hydrogen-bond acceptors (Lipinski definition) is 4. The summed E-state index contributed by atoms with van der Waals surface area (Å²) in [5, 5.41) is 0. The number of carbonyl (C=O) groups excluding carboxylic acids is 2. The number of ether oxygens (including phenoxy) is 2. The molecule has 0 aromatic heterocycles. The first-order chi connectivity index (χ1) is 9.58. The van der Waals surface area contributed by atoms with Crippen molar-refractivity contribution in [2.75, 3.05) is 6.61 Å². The number of carbonyl (C=O) groups is 2. The van der Waals surface area contributed by atoms with Gasteiger partial charge in [0, 0.05) is 0 Å². The summed E-state index contributed by atoms with van der Waals surface area (Å²) in [6.07, 6.45) is 0.975. The van der Waals surface area contributed by atoms with Crippen LogP contribution in [0.2, 0.25) is 0 Å². The zero-order chi connectivity index (χ0) is 14.8. The van der Waals surface area contributed by atoms with Gasteiger partial charge in [-0.2, -0.15) is 0 Å². The lowest BCUT2D eigenvalue weighted by Gasteiger charge is -2.07. The summed E-state index contributed by atoms with van der Waals surface area (Å²) in [4.78, 5) is 22.8. The fourth-order valence-corrected chi connectivity index (χ4v) is 1.49. The van der Waals surface area contributed by atoms with Crippen LogP contribution in [-0.2, 0) is 25.7 Å². The van der Waals surface area contributed by atoms with E-state index in [1.54, 1.807) is 0 Å². The molecule has 1 aromatic rings. The molecule has 110 valence electrons. The van der Waals surface area contributed by atoms with Gasteiger partial charge in [-0.05, 0) is 17.9 Å². The van der Waals surface area contributed by atoms with Crippen LogP contribution in [0.3, 0.4) is 0 Å². The Morgan fingerprint density at radius 3 is 2.20 bits per heavy atom. The van der Waals surface area contributed by atoms with Crippen LogP contribution < -0.4 is 0 Å². The van der Waals surface area contributed by atoms with Gasteiger partial charge in [0.25, 0.3) is 0 Å². The largest absolute Gasteiger partial charge is 0.466 e. The van der Waals surface area contributed by atoms with Gasteiger partial charge < -0.3 is 9.47 Å². The molecule has 0 radical (unpaired) electrons. The molecule has 0 unspecified atom stereocenters. The van der Waals surface area contributed by atoms with Gasteiger partial charge in [-0.25, -0.2) is 0 Å². The first kappa shape index (κ1) is 16.2. The van der Waals surface area contributed by atoms with Gasteiger partial charge in [0.05, 0.1) is 19.4 Å².